The van der Waals surface area contributed by atoms with Gasteiger partial charge >= 0.3 is 0 Å². The summed E-state index contributed by atoms with van der Waals surface area (Å²) in [5.41, 5.74) is 5.25. The maximum atomic E-state index is 11.9. The molecule has 0 aliphatic heterocycles. The van der Waals surface area contributed by atoms with Gasteiger partial charge in [-0.05, 0) is 19.3 Å². The van der Waals surface area contributed by atoms with E-state index in [9.17, 15) is 9.59 Å². The first-order valence-electron chi connectivity index (χ1n) is 7.75. The highest BCUT2D eigenvalue weighted by atomic mass is 32.1. The Balaban J connectivity index is 2.40. The summed E-state index contributed by atoms with van der Waals surface area (Å²) in [4.78, 5) is 25.2. The third-order valence-electron chi connectivity index (χ3n) is 4.09. The van der Waals surface area contributed by atoms with E-state index in [1.54, 1.807) is 14.1 Å². The van der Waals surface area contributed by atoms with Gasteiger partial charge in [-0.2, -0.15) is 0 Å². The van der Waals surface area contributed by atoms with Crippen LogP contribution in [0.4, 0.5) is 0 Å². The van der Waals surface area contributed by atoms with Gasteiger partial charge in [0.1, 0.15) is 11.4 Å². The lowest BCUT2D eigenvalue weighted by Crippen LogP contribution is -2.49. The first kappa shape index (κ1) is 19.8. The Labute approximate surface area is 148 Å². The number of rotatable bonds is 5. The first-order valence-corrected chi connectivity index (χ1v) is 8.57. The predicted molar refractivity (Wildman–Crippen MR) is 98.4 cm³/mol. The Kier molecular flexibility index (Phi) is 6.88. The van der Waals surface area contributed by atoms with Crippen molar-refractivity contribution >= 4 is 46.2 Å². The summed E-state index contributed by atoms with van der Waals surface area (Å²) in [6.07, 6.45) is 2.67. The number of thiocarbonyl (C=S) groups is 2. The van der Waals surface area contributed by atoms with Crippen molar-refractivity contribution in [1.82, 2.24) is 20.9 Å². The van der Waals surface area contributed by atoms with E-state index in [1.165, 1.54) is 10.0 Å². The highest BCUT2D eigenvalue weighted by Crippen LogP contribution is 2.46. The van der Waals surface area contributed by atoms with Gasteiger partial charge in [0.05, 0.1) is 4.99 Å². The van der Waals surface area contributed by atoms with Crippen molar-refractivity contribution < 1.29 is 9.59 Å². The zero-order chi connectivity index (χ0) is 17.8. The van der Waals surface area contributed by atoms with E-state index in [1.807, 2.05) is 13.8 Å². The fourth-order valence-electron chi connectivity index (χ4n) is 2.02. The van der Waals surface area contributed by atoms with Crippen LogP contribution in [0.2, 0.25) is 0 Å². The average molecular weight is 359 g/mol. The van der Waals surface area contributed by atoms with Crippen LogP contribution in [-0.2, 0) is 9.59 Å². The van der Waals surface area contributed by atoms with Crippen molar-refractivity contribution in [3.8, 4) is 0 Å². The van der Waals surface area contributed by atoms with Crippen LogP contribution in [0.5, 0.6) is 0 Å². The van der Waals surface area contributed by atoms with Crippen molar-refractivity contribution in [3.05, 3.63) is 0 Å². The minimum Gasteiger partial charge on any atom is -0.282 e. The lowest BCUT2D eigenvalue weighted by molar-refractivity contribution is -0.132. The summed E-state index contributed by atoms with van der Waals surface area (Å²) in [7, 11) is 3.38. The van der Waals surface area contributed by atoms with Crippen LogP contribution in [0.1, 0.15) is 46.5 Å². The number of nitrogens with zero attached hydrogens (tertiary/aromatic N) is 2. The van der Waals surface area contributed by atoms with Crippen LogP contribution in [0.3, 0.4) is 0 Å². The highest BCUT2D eigenvalue weighted by molar-refractivity contribution is 7.80. The Bertz CT molecular complexity index is 506. The summed E-state index contributed by atoms with van der Waals surface area (Å²) in [5, 5.41) is 3.03. The van der Waals surface area contributed by atoms with Crippen LogP contribution in [0.25, 0.3) is 0 Å². The third-order valence-corrected chi connectivity index (χ3v) is 5.53. The Morgan fingerprint density at radius 3 is 2.04 bits per heavy atom. The summed E-state index contributed by atoms with van der Waals surface area (Å²) >= 11 is 10.6. The second-order valence-electron chi connectivity index (χ2n) is 6.38. The minimum atomic E-state index is -0.410. The molecule has 0 aromatic rings. The first-order chi connectivity index (χ1) is 10.6. The minimum absolute atomic E-state index is 0.00230. The second-order valence-corrected chi connectivity index (χ2v) is 7.18. The molecule has 0 saturated heterocycles. The average Bonchev–Trinajstić information content (AvgIpc) is 3.23. The zero-order valence-corrected chi connectivity index (χ0v) is 16.1. The third kappa shape index (κ3) is 5.69. The molecule has 1 atom stereocenters. The molecule has 2 N–H and O–H groups in total. The van der Waals surface area contributed by atoms with Crippen molar-refractivity contribution in [2.45, 2.75) is 46.5 Å². The summed E-state index contributed by atoms with van der Waals surface area (Å²) in [6.45, 7) is 6.08. The van der Waals surface area contributed by atoms with Crippen LogP contribution >= 0.6 is 24.4 Å². The molecule has 0 radical (unpaired) electrons. The summed E-state index contributed by atoms with van der Waals surface area (Å²) in [5.74, 6) is -0.626. The molecule has 0 heterocycles. The molecule has 2 amide bonds. The lowest BCUT2D eigenvalue weighted by atomic mass is 10.1. The SMILES string of the molecule is CCC(C)C(=S)N(C)NC(=O)CC(=O)NN(C)C(=S)C1(C)CC1. The molecule has 6 nitrogen and oxygen atoms in total. The quantitative estimate of drug-likeness (QED) is 0.444. The van der Waals surface area contributed by atoms with E-state index in [0.29, 0.717) is 9.98 Å². The molecule has 1 unspecified atom stereocenters. The van der Waals surface area contributed by atoms with E-state index in [-0.39, 0.29) is 17.8 Å². The fraction of sp³-hybridized carbons (Fsp3) is 0.733. The molecular weight excluding hydrogens is 332 g/mol. The molecule has 1 fully saturated rings. The number of carbonyl (C=O) groups excluding carboxylic acids is 2. The van der Waals surface area contributed by atoms with Gasteiger partial charge in [-0.1, -0.05) is 45.2 Å². The van der Waals surface area contributed by atoms with Gasteiger partial charge in [0.15, 0.2) is 0 Å². The molecule has 0 aromatic heterocycles. The lowest BCUT2D eigenvalue weighted by Gasteiger charge is -2.26. The summed E-state index contributed by atoms with van der Waals surface area (Å²) in [6, 6.07) is 0. The van der Waals surface area contributed by atoms with E-state index >= 15 is 0 Å². The molecule has 23 heavy (non-hydrogen) atoms. The van der Waals surface area contributed by atoms with Gasteiger partial charge in [0, 0.05) is 25.4 Å². The molecule has 1 aliphatic carbocycles. The van der Waals surface area contributed by atoms with Crippen LogP contribution in [0, 0.1) is 11.3 Å². The fourth-order valence-corrected chi connectivity index (χ4v) is 2.48. The maximum Gasteiger partial charge on any atom is 0.248 e. The predicted octanol–water partition coefficient (Wildman–Crippen LogP) is 1.80. The Morgan fingerprint density at radius 1 is 1.13 bits per heavy atom. The molecule has 1 rings (SSSR count). The van der Waals surface area contributed by atoms with E-state index in [4.69, 9.17) is 24.4 Å². The number of hydrogen-bond donors (Lipinski definition) is 2. The Morgan fingerprint density at radius 2 is 1.61 bits per heavy atom. The van der Waals surface area contributed by atoms with Gasteiger partial charge in [0.2, 0.25) is 11.8 Å². The molecular formula is C15H26N4O2S2. The van der Waals surface area contributed by atoms with Crippen LogP contribution in [-0.4, -0.2) is 45.9 Å². The summed E-state index contributed by atoms with van der Waals surface area (Å²) < 4.78 is 0. The monoisotopic (exact) mass is 358 g/mol. The molecule has 1 aliphatic rings. The molecule has 130 valence electrons. The maximum absolute atomic E-state index is 11.9. The molecule has 1 saturated carbocycles. The number of carbonyl (C=O) groups is 2. The van der Waals surface area contributed by atoms with Crippen LogP contribution < -0.4 is 10.9 Å². The van der Waals surface area contributed by atoms with Gasteiger partial charge in [-0.25, -0.2) is 0 Å². The molecule has 8 heteroatoms. The zero-order valence-electron chi connectivity index (χ0n) is 14.4. The van der Waals surface area contributed by atoms with Crippen LogP contribution in [0.15, 0.2) is 0 Å². The van der Waals surface area contributed by atoms with Crippen molar-refractivity contribution in [1.29, 1.82) is 0 Å². The van der Waals surface area contributed by atoms with E-state index in [2.05, 4.69) is 17.8 Å². The van der Waals surface area contributed by atoms with E-state index < -0.39 is 11.8 Å². The van der Waals surface area contributed by atoms with Gasteiger partial charge in [-0.3, -0.25) is 30.5 Å². The molecule has 0 bridgehead atoms. The van der Waals surface area contributed by atoms with Gasteiger partial charge in [-0.15, -0.1) is 0 Å². The van der Waals surface area contributed by atoms with Gasteiger partial charge in [0.25, 0.3) is 0 Å². The number of amides is 2. The second kappa shape index (κ2) is 8.01. The number of hydrazine groups is 2. The smallest absolute Gasteiger partial charge is 0.248 e. The van der Waals surface area contributed by atoms with Crippen molar-refractivity contribution in [2.75, 3.05) is 14.1 Å². The largest absolute Gasteiger partial charge is 0.282 e. The topological polar surface area (TPSA) is 64.7 Å². The molecule has 0 spiro atoms. The number of hydrogen-bond acceptors (Lipinski definition) is 4. The van der Waals surface area contributed by atoms with Crippen molar-refractivity contribution in [3.63, 3.8) is 0 Å². The normalized spacial score (nSPS) is 16.0. The van der Waals surface area contributed by atoms with Gasteiger partial charge < -0.3 is 0 Å². The highest BCUT2D eigenvalue weighted by Gasteiger charge is 2.43. The van der Waals surface area contributed by atoms with E-state index in [0.717, 1.165) is 19.3 Å². The van der Waals surface area contributed by atoms with Crippen molar-refractivity contribution in [2.24, 2.45) is 11.3 Å². The number of nitrogens with one attached hydrogen (secondary N) is 2. The Hall–Kier alpha value is -1.28. The standard InChI is InChI=1S/C15H26N4O2S2/c1-6-10(2)13(22)18(4)16-11(20)9-12(21)17-19(5)14(23)15(3)7-8-15/h10H,6-9H2,1-5H3,(H,16,20)(H,17,21). The molecule has 0 aromatic carbocycles.